The van der Waals surface area contributed by atoms with Crippen LogP contribution in [0.1, 0.15) is 19.5 Å². The highest BCUT2D eigenvalue weighted by Gasteiger charge is 2.06. The van der Waals surface area contributed by atoms with E-state index in [0.717, 1.165) is 28.0 Å². The molecule has 0 radical (unpaired) electrons. The highest BCUT2D eigenvalue weighted by molar-refractivity contribution is 9.10. The van der Waals surface area contributed by atoms with Crippen molar-refractivity contribution in [3.8, 4) is 5.75 Å². The van der Waals surface area contributed by atoms with Crippen molar-refractivity contribution in [3.63, 3.8) is 0 Å². The number of hydrogen-bond acceptors (Lipinski definition) is 2. The summed E-state index contributed by atoms with van der Waals surface area (Å²) < 4.78 is 8.45. The van der Waals surface area contributed by atoms with Crippen LogP contribution in [-0.2, 0) is 6.42 Å². The van der Waals surface area contributed by atoms with Gasteiger partial charge < -0.3 is 9.14 Å². The lowest BCUT2D eigenvalue weighted by atomic mass is 10.4. The summed E-state index contributed by atoms with van der Waals surface area (Å²) in [6, 6.07) is 1.95. The smallest absolute Gasteiger partial charge is 0.140 e. The predicted octanol–water partition coefficient (Wildman–Crippen LogP) is 3.06. The van der Waals surface area contributed by atoms with Gasteiger partial charge in [0, 0.05) is 18.5 Å². The number of nitrogens with zero attached hydrogens (tertiary/aromatic N) is 2. The number of halogens is 1. The lowest BCUT2D eigenvalue weighted by Gasteiger charge is -2.05. The van der Waals surface area contributed by atoms with Crippen molar-refractivity contribution in [2.24, 2.45) is 0 Å². The van der Waals surface area contributed by atoms with Crippen LogP contribution in [0.3, 0.4) is 0 Å². The van der Waals surface area contributed by atoms with Crippen molar-refractivity contribution >= 4 is 21.6 Å². The van der Waals surface area contributed by atoms with Crippen LogP contribution in [0.4, 0.5) is 0 Å². The van der Waals surface area contributed by atoms with Gasteiger partial charge in [-0.05, 0) is 29.3 Å². The number of imidazole rings is 1. The van der Waals surface area contributed by atoms with Crippen LogP contribution in [0, 0.1) is 0 Å². The molecule has 0 bridgehead atoms. The number of fused-ring (bicyclic) bond motifs is 1. The quantitative estimate of drug-likeness (QED) is 0.856. The summed E-state index contributed by atoms with van der Waals surface area (Å²) in [7, 11) is 0. The first-order valence-corrected chi connectivity index (χ1v) is 5.83. The Balaban J connectivity index is 2.52. The van der Waals surface area contributed by atoms with E-state index in [9.17, 15) is 0 Å². The highest BCUT2D eigenvalue weighted by atomic mass is 79.9. The first kappa shape index (κ1) is 10.5. The molecule has 0 aliphatic carbocycles. The van der Waals surface area contributed by atoms with E-state index in [1.165, 1.54) is 0 Å². The molecule has 0 saturated carbocycles. The fraction of sp³-hybridized carbons (Fsp3) is 0.364. The number of rotatable bonds is 3. The largest absolute Gasteiger partial charge is 0.492 e. The SMILES string of the molecule is CCOc1cc2nc(CC)cn2cc1Br. The minimum Gasteiger partial charge on any atom is -0.492 e. The molecule has 0 aromatic carbocycles. The van der Waals surface area contributed by atoms with E-state index in [1.807, 2.05) is 29.8 Å². The molecule has 15 heavy (non-hydrogen) atoms. The Morgan fingerprint density at radius 3 is 2.87 bits per heavy atom. The predicted molar refractivity (Wildman–Crippen MR) is 63.4 cm³/mol. The lowest BCUT2D eigenvalue weighted by Crippen LogP contribution is -1.94. The van der Waals surface area contributed by atoms with Crippen LogP contribution in [-0.4, -0.2) is 16.0 Å². The molecular formula is C11H13BrN2O. The zero-order valence-corrected chi connectivity index (χ0v) is 10.4. The van der Waals surface area contributed by atoms with Crippen molar-refractivity contribution in [2.45, 2.75) is 20.3 Å². The molecule has 0 saturated heterocycles. The third kappa shape index (κ3) is 2.00. The van der Waals surface area contributed by atoms with Crippen LogP contribution < -0.4 is 4.74 Å². The first-order chi connectivity index (χ1) is 7.24. The van der Waals surface area contributed by atoms with Gasteiger partial charge in [-0.15, -0.1) is 0 Å². The molecule has 0 spiro atoms. The maximum atomic E-state index is 5.49. The van der Waals surface area contributed by atoms with Crippen LogP contribution in [0.15, 0.2) is 22.9 Å². The van der Waals surface area contributed by atoms with E-state index in [-0.39, 0.29) is 0 Å². The molecule has 2 aromatic rings. The molecule has 0 aliphatic heterocycles. The fourth-order valence-electron chi connectivity index (χ4n) is 1.48. The Morgan fingerprint density at radius 2 is 2.20 bits per heavy atom. The molecule has 0 aliphatic rings. The van der Waals surface area contributed by atoms with Gasteiger partial charge in [-0.3, -0.25) is 0 Å². The maximum absolute atomic E-state index is 5.49. The third-order valence-corrected chi connectivity index (χ3v) is 2.82. The Bertz CT molecular complexity index is 479. The second kappa shape index (κ2) is 4.23. The second-order valence-electron chi connectivity index (χ2n) is 3.27. The van der Waals surface area contributed by atoms with E-state index >= 15 is 0 Å². The summed E-state index contributed by atoms with van der Waals surface area (Å²) in [4.78, 5) is 4.48. The molecule has 0 fully saturated rings. The van der Waals surface area contributed by atoms with Crippen LogP contribution in [0.5, 0.6) is 5.75 Å². The molecule has 0 atom stereocenters. The summed E-state index contributed by atoms with van der Waals surface area (Å²) in [5.74, 6) is 0.846. The van der Waals surface area contributed by atoms with Crippen molar-refractivity contribution in [1.29, 1.82) is 0 Å². The van der Waals surface area contributed by atoms with Gasteiger partial charge in [0.15, 0.2) is 0 Å². The minimum absolute atomic E-state index is 0.663. The molecule has 80 valence electrons. The van der Waals surface area contributed by atoms with E-state index in [2.05, 4.69) is 27.8 Å². The number of aromatic nitrogens is 2. The normalized spacial score (nSPS) is 10.9. The first-order valence-electron chi connectivity index (χ1n) is 5.04. The summed E-state index contributed by atoms with van der Waals surface area (Å²) >= 11 is 3.48. The van der Waals surface area contributed by atoms with E-state index in [4.69, 9.17) is 4.74 Å². The Labute approximate surface area is 97.2 Å². The number of hydrogen-bond donors (Lipinski definition) is 0. The van der Waals surface area contributed by atoms with Crippen molar-refractivity contribution in [2.75, 3.05) is 6.61 Å². The summed E-state index contributed by atoms with van der Waals surface area (Å²) in [6.07, 6.45) is 4.96. The molecule has 2 heterocycles. The van der Waals surface area contributed by atoms with Gasteiger partial charge in [0.2, 0.25) is 0 Å². The average molecular weight is 269 g/mol. The van der Waals surface area contributed by atoms with Crippen LogP contribution in [0.2, 0.25) is 0 Å². The Morgan fingerprint density at radius 1 is 1.40 bits per heavy atom. The Kier molecular flexibility index (Phi) is 2.95. The van der Waals surface area contributed by atoms with Crippen LogP contribution >= 0.6 is 15.9 Å². The van der Waals surface area contributed by atoms with Gasteiger partial charge in [-0.1, -0.05) is 6.92 Å². The number of ether oxygens (including phenoxy) is 1. The Hall–Kier alpha value is -1.03. The van der Waals surface area contributed by atoms with Crippen molar-refractivity contribution in [3.05, 3.63) is 28.6 Å². The fourth-order valence-corrected chi connectivity index (χ4v) is 1.93. The van der Waals surface area contributed by atoms with Crippen LogP contribution in [0.25, 0.3) is 5.65 Å². The molecule has 0 amide bonds. The number of aryl methyl sites for hydroxylation is 1. The van der Waals surface area contributed by atoms with Crippen molar-refractivity contribution < 1.29 is 4.74 Å². The zero-order chi connectivity index (χ0) is 10.8. The van der Waals surface area contributed by atoms with Gasteiger partial charge in [-0.2, -0.15) is 0 Å². The molecule has 0 N–H and O–H groups in total. The minimum atomic E-state index is 0.663. The lowest BCUT2D eigenvalue weighted by molar-refractivity contribution is 0.338. The van der Waals surface area contributed by atoms with Gasteiger partial charge in [0.25, 0.3) is 0 Å². The molecule has 0 unspecified atom stereocenters. The van der Waals surface area contributed by atoms with E-state index < -0.39 is 0 Å². The highest BCUT2D eigenvalue weighted by Crippen LogP contribution is 2.26. The second-order valence-corrected chi connectivity index (χ2v) is 4.12. The molecule has 2 aromatic heterocycles. The molecule has 4 heteroatoms. The third-order valence-electron chi connectivity index (χ3n) is 2.22. The molecule has 3 nitrogen and oxygen atoms in total. The summed E-state index contributed by atoms with van der Waals surface area (Å²) in [5, 5.41) is 0. The van der Waals surface area contributed by atoms with Gasteiger partial charge in [0.05, 0.1) is 16.8 Å². The van der Waals surface area contributed by atoms with E-state index in [1.54, 1.807) is 0 Å². The maximum Gasteiger partial charge on any atom is 0.140 e. The topological polar surface area (TPSA) is 26.5 Å². The summed E-state index contributed by atoms with van der Waals surface area (Å²) in [6.45, 7) is 4.73. The molecular weight excluding hydrogens is 256 g/mol. The van der Waals surface area contributed by atoms with Gasteiger partial charge in [0.1, 0.15) is 11.4 Å². The average Bonchev–Trinajstić information content (AvgIpc) is 2.61. The molecule has 2 rings (SSSR count). The van der Waals surface area contributed by atoms with Gasteiger partial charge in [-0.25, -0.2) is 4.98 Å². The summed E-state index contributed by atoms with van der Waals surface area (Å²) in [5.41, 5.74) is 2.02. The monoisotopic (exact) mass is 268 g/mol. The number of pyridine rings is 1. The van der Waals surface area contributed by atoms with Crippen molar-refractivity contribution in [1.82, 2.24) is 9.38 Å². The van der Waals surface area contributed by atoms with Gasteiger partial charge >= 0.3 is 0 Å². The standard InChI is InChI=1S/C11H13BrN2O/c1-3-8-6-14-7-9(12)10(15-4-2)5-11(14)13-8/h5-7H,3-4H2,1-2H3. The zero-order valence-electron chi connectivity index (χ0n) is 8.83. The van der Waals surface area contributed by atoms with E-state index in [0.29, 0.717) is 6.61 Å².